The van der Waals surface area contributed by atoms with E-state index in [9.17, 15) is 24.9 Å². The molecule has 1 fully saturated rings. The Labute approximate surface area is 173 Å². The summed E-state index contributed by atoms with van der Waals surface area (Å²) in [6, 6.07) is -1.15. The second-order valence-electron chi connectivity index (χ2n) is 6.67. The van der Waals surface area contributed by atoms with Crippen molar-refractivity contribution in [1.29, 1.82) is 0 Å². The van der Waals surface area contributed by atoms with Crippen molar-refractivity contribution in [3.63, 3.8) is 0 Å². The van der Waals surface area contributed by atoms with Gasteiger partial charge in [0.15, 0.2) is 0 Å². The third-order valence-corrected chi connectivity index (χ3v) is 5.49. The second-order valence-corrected chi connectivity index (χ2v) is 7.89. The van der Waals surface area contributed by atoms with Gasteiger partial charge in [0.2, 0.25) is 5.91 Å². The molecule has 170 valence electrons. The Hall–Kier alpha value is -0.990. The number of aliphatic hydroxyl groups is 4. The van der Waals surface area contributed by atoms with Gasteiger partial charge in [-0.1, -0.05) is 0 Å². The average Bonchev–Trinajstić information content (AvgIpc) is 2.70. The number of rotatable bonds is 12. The van der Waals surface area contributed by atoms with Crippen LogP contribution in [0.4, 0.5) is 0 Å². The summed E-state index contributed by atoms with van der Waals surface area (Å²) < 4.78 is 16.1. The number of nitrogens with two attached hydrogens (primary N) is 1. The van der Waals surface area contributed by atoms with Gasteiger partial charge in [-0.2, -0.15) is 11.8 Å². The molecule has 0 bridgehead atoms. The molecule has 0 aromatic carbocycles. The van der Waals surface area contributed by atoms with Crippen LogP contribution in [0.5, 0.6) is 0 Å². The number of methoxy groups -OCH3 is 1. The molecule has 0 aromatic rings. The molecule has 0 spiro atoms. The lowest BCUT2D eigenvalue weighted by molar-refractivity contribution is -0.312. The molecule has 1 aliphatic rings. The van der Waals surface area contributed by atoms with Gasteiger partial charge in [-0.15, -0.1) is 0 Å². The monoisotopic (exact) mass is 440 g/mol. The van der Waals surface area contributed by atoms with E-state index in [-0.39, 0.29) is 13.0 Å². The van der Waals surface area contributed by atoms with Crippen molar-refractivity contribution >= 4 is 23.6 Å². The Morgan fingerprint density at radius 3 is 2.62 bits per heavy atom. The minimum atomic E-state index is -2.04. The summed E-state index contributed by atoms with van der Waals surface area (Å²) in [5.41, 5.74) is 5.43. The number of amides is 1. The Morgan fingerprint density at radius 1 is 1.38 bits per heavy atom. The summed E-state index contributed by atoms with van der Waals surface area (Å²) >= 11 is 1.61. The van der Waals surface area contributed by atoms with Crippen molar-refractivity contribution in [2.45, 2.75) is 56.0 Å². The van der Waals surface area contributed by atoms with Gasteiger partial charge in [0, 0.05) is 25.6 Å². The molecule has 29 heavy (non-hydrogen) atoms. The molecule has 1 saturated heterocycles. The highest BCUT2D eigenvalue weighted by molar-refractivity contribution is 7.99. The SMILES string of the molecule is COC(=O)[C@@]1(OCCCSCCN)C[C@@H](O)[C@@H](NC(C)=O)[C@@H]([C@H](O)[C@H](O)CO)O1. The molecule has 0 aliphatic carbocycles. The van der Waals surface area contributed by atoms with Gasteiger partial charge in [-0.3, -0.25) is 4.79 Å². The number of carbonyl (C=O) groups excluding carboxylic acids is 2. The zero-order valence-electron chi connectivity index (χ0n) is 16.7. The zero-order valence-corrected chi connectivity index (χ0v) is 17.5. The Bertz CT molecular complexity index is 527. The molecule has 11 nitrogen and oxygen atoms in total. The molecule has 12 heteroatoms. The van der Waals surface area contributed by atoms with Crippen LogP contribution in [-0.2, 0) is 23.8 Å². The fraction of sp³-hybridized carbons (Fsp3) is 0.882. The number of carbonyl (C=O) groups is 2. The van der Waals surface area contributed by atoms with Crippen LogP contribution in [0.15, 0.2) is 0 Å². The van der Waals surface area contributed by atoms with Crippen LogP contribution in [0.2, 0.25) is 0 Å². The highest BCUT2D eigenvalue weighted by atomic mass is 32.2. The maximum absolute atomic E-state index is 12.5. The molecule has 1 amide bonds. The van der Waals surface area contributed by atoms with Crippen LogP contribution >= 0.6 is 11.8 Å². The van der Waals surface area contributed by atoms with E-state index in [1.54, 1.807) is 11.8 Å². The topological polar surface area (TPSA) is 181 Å². The first-order valence-electron chi connectivity index (χ1n) is 9.32. The van der Waals surface area contributed by atoms with E-state index in [4.69, 9.17) is 25.1 Å². The Kier molecular flexibility index (Phi) is 11.4. The highest BCUT2D eigenvalue weighted by Crippen LogP contribution is 2.34. The van der Waals surface area contributed by atoms with Crippen LogP contribution in [0.25, 0.3) is 0 Å². The largest absolute Gasteiger partial charge is 0.465 e. The minimum Gasteiger partial charge on any atom is -0.465 e. The number of esters is 1. The number of aliphatic hydroxyl groups excluding tert-OH is 4. The third-order valence-electron chi connectivity index (χ3n) is 4.39. The predicted molar refractivity (Wildman–Crippen MR) is 104 cm³/mol. The van der Waals surface area contributed by atoms with Crippen molar-refractivity contribution < 1.29 is 44.2 Å². The second kappa shape index (κ2) is 12.6. The molecule has 0 saturated carbocycles. The van der Waals surface area contributed by atoms with Gasteiger partial charge >= 0.3 is 5.97 Å². The Morgan fingerprint density at radius 2 is 2.07 bits per heavy atom. The van der Waals surface area contributed by atoms with Crippen molar-refractivity contribution in [1.82, 2.24) is 5.32 Å². The molecule has 0 unspecified atom stereocenters. The smallest absolute Gasteiger partial charge is 0.366 e. The van der Waals surface area contributed by atoms with Gasteiger partial charge in [0.05, 0.1) is 32.5 Å². The maximum Gasteiger partial charge on any atom is 0.366 e. The average molecular weight is 441 g/mol. The third kappa shape index (κ3) is 7.33. The summed E-state index contributed by atoms with van der Waals surface area (Å²) in [5.74, 6) is -1.98. The number of nitrogens with one attached hydrogen (secondary N) is 1. The van der Waals surface area contributed by atoms with E-state index < -0.39 is 54.7 Å². The number of hydrogen-bond acceptors (Lipinski definition) is 11. The van der Waals surface area contributed by atoms with Gasteiger partial charge < -0.3 is 45.7 Å². The zero-order chi connectivity index (χ0) is 22.0. The first-order chi connectivity index (χ1) is 13.7. The first-order valence-corrected chi connectivity index (χ1v) is 10.5. The molecule has 1 rings (SSSR count). The lowest BCUT2D eigenvalue weighted by atomic mass is 9.88. The fourth-order valence-corrected chi connectivity index (χ4v) is 3.70. The lowest BCUT2D eigenvalue weighted by Crippen LogP contribution is -2.68. The lowest BCUT2D eigenvalue weighted by Gasteiger charge is -2.46. The van der Waals surface area contributed by atoms with Crippen LogP contribution in [-0.4, -0.2) is 107 Å². The van der Waals surface area contributed by atoms with Gasteiger partial charge in [-0.25, -0.2) is 4.79 Å². The van der Waals surface area contributed by atoms with E-state index >= 15 is 0 Å². The molecular weight excluding hydrogens is 408 g/mol. The van der Waals surface area contributed by atoms with Gasteiger partial charge in [-0.05, 0) is 12.2 Å². The normalized spacial score (nSPS) is 29.1. The van der Waals surface area contributed by atoms with Crippen LogP contribution in [0, 0.1) is 0 Å². The van der Waals surface area contributed by atoms with Crippen LogP contribution in [0.1, 0.15) is 19.8 Å². The quantitative estimate of drug-likeness (QED) is 0.137. The van der Waals surface area contributed by atoms with E-state index in [2.05, 4.69) is 5.32 Å². The van der Waals surface area contributed by atoms with Crippen molar-refractivity contribution in [3.05, 3.63) is 0 Å². The number of hydrogen-bond donors (Lipinski definition) is 6. The molecule has 0 radical (unpaired) electrons. The van der Waals surface area contributed by atoms with E-state index in [1.165, 1.54) is 6.92 Å². The number of thioether (sulfide) groups is 1. The summed E-state index contributed by atoms with van der Waals surface area (Å²) in [4.78, 5) is 24.0. The summed E-state index contributed by atoms with van der Waals surface area (Å²) in [7, 11) is 1.12. The van der Waals surface area contributed by atoms with Crippen molar-refractivity contribution in [2.75, 3.05) is 38.4 Å². The van der Waals surface area contributed by atoms with E-state index in [1.807, 2.05) is 0 Å². The molecule has 7 N–H and O–H groups in total. The highest BCUT2D eigenvalue weighted by Gasteiger charge is 2.56. The minimum absolute atomic E-state index is 0.0928. The number of ether oxygens (including phenoxy) is 3. The Balaban J connectivity index is 3.03. The van der Waals surface area contributed by atoms with Crippen molar-refractivity contribution in [3.8, 4) is 0 Å². The maximum atomic E-state index is 12.5. The fourth-order valence-electron chi connectivity index (χ4n) is 3.01. The summed E-state index contributed by atoms with van der Waals surface area (Å²) in [6.07, 6.45) is -5.97. The standard InChI is InChI=1S/C17H32N2O9S/c1-10(21)19-13-11(22)8-17(16(25)26-2,27-5-3-6-29-7-4-18)28-15(13)14(24)12(23)9-20/h11-15,20,22-24H,3-9,18H2,1-2H3,(H,19,21)/t11-,12-,13-,14-,15+,17-/m1/s1. The van der Waals surface area contributed by atoms with E-state index in [0.717, 1.165) is 18.6 Å². The van der Waals surface area contributed by atoms with Crippen LogP contribution in [0.3, 0.4) is 0 Å². The summed E-state index contributed by atoms with van der Waals surface area (Å²) in [6.45, 7) is 1.05. The molecule has 0 aromatic heterocycles. The molecule has 6 atom stereocenters. The van der Waals surface area contributed by atoms with Crippen molar-refractivity contribution in [2.24, 2.45) is 5.73 Å². The van der Waals surface area contributed by atoms with E-state index in [0.29, 0.717) is 13.0 Å². The van der Waals surface area contributed by atoms with Crippen LogP contribution < -0.4 is 11.1 Å². The molecule has 1 heterocycles. The molecular formula is C17H32N2O9S. The predicted octanol–water partition coefficient (Wildman–Crippen LogP) is -2.68. The van der Waals surface area contributed by atoms with Gasteiger partial charge in [0.25, 0.3) is 5.79 Å². The first kappa shape index (κ1) is 26.0. The van der Waals surface area contributed by atoms with Gasteiger partial charge in [0.1, 0.15) is 18.3 Å². The summed E-state index contributed by atoms with van der Waals surface area (Å²) in [5, 5.41) is 42.4. The molecule has 1 aliphatic heterocycles.